The third kappa shape index (κ3) is 4.07. The topological polar surface area (TPSA) is 54.0 Å². The van der Waals surface area contributed by atoms with E-state index in [-0.39, 0.29) is 18.0 Å². The summed E-state index contributed by atoms with van der Waals surface area (Å²) in [5.41, 5.74) is 2.89. The molecule has 1 aromatic heterocycles. The number of aryl methyl sites for hydroxylation is 1. The molecule has 4 nitrogen and oxygen atoms in total. The molecule has 5 heteroatoms. The predicted molar refractivity (Wildman–Crippen MR) is 75.7 cm³/mol. The summed E-state index contributed by atoms with van der Waals surface area (Å²) in [4.78, 5) is 17.3. The fraction of sp³-hybridized carbons (Fsp3) is 0.692. The van der Waals surface area contributed by atoms with Crippen molar-refractivity contribution < 1.29 is 4.79 Å². The van der Waals surface area contributed by atoms with Gasteiger partial charge in [0.25, 0.3) is 0 Å². The van der Waals surface area contributed by atoms with Gasteiger partial charge in [-0.3, -0.25) is 10.1 Å². The molecule has 0 spiro atoms. The van der Waals surface area contributed by atoms with E-state index in [0.717, 1.165) is 12.1 Å². The molecule has 0 saturated heterocycles. The normalized spacial score (nSPS) is 14.6. The zero-order chi connectivity index (χ0) is 13.7. The zero-order valence-corrected chi connectivity index (χ0v) is 12.6. The van der Waals surface area contributed by atoms with Gasteiger partial charge < -0.3 is 5.32 Å². The summed E-state index contributed by atoms with van der Waals surface area (Å²) in [5.74, 6) is 0.535. The fourth-order valence-electron chi connectivity index (χ4n) is 2.00. The Labute approximate surface area is 113 Å². The van der Waals surface area contributed by atoms with Crippen molar-refractivity contribution in [1.29, 1.82) is 0 Å². The Kier molecular flexibility index (Phi) is 5.75. The van der Waals surface area contributed by atoms with E-state index in [4.69, 9.17) is 0 Å². The highest BCUT2D eigenvalue weighted by molar-refractivity contribution is 7.09. The average Bonchev–Trinajstić information content (AvgIpc) is 2.73. The molecule has 0 aliphatic carbocycles. The van der Waals surface area contributed by atoms with Crippen LogP contribution in [0.2, 0.25) is 0 Å². The molecule has 0 saturated carbocycles. The molecule has 0 aliphatic rings. The summed E-state index contributed by atoms with van der Waals surface area (Å²) in [6, 6.07) is 0.00468. The second-order valence-corrected chi connectivity index (χ2v) is 5.87. The van der Waals surface area contributed by atoms with Gasteiger partial charge in [-0.1, -0.05) is 13.8 Å². The third-order valence-corrected chi connectivity index (χ3v) is 4.01. The van der Waals surface area contributed by atoms with Crippen molar-refractivity contribution in [3.8, 4) is 0 Å². The summed E-state index contributed by atoms with van der Waals surface area (Å²) in [7, 11) is 1.68. The van der Waals surface area contributed by atoms with Gasteiger partial charge in [0, 0.05) is 18.0 Å². The Balaban J connectivity index is 2.71. The van der Waals surface area contributed by atoms with Crippen LogP contribution in [0.1, 0.15) is 43.8 Å². The van der Waals surface area contributed by atoms with Gasteiger partial charge in [0.05, 0.1) is 17.2 Å². The highest BCUT2D eigenvalue weighted by Crippen LogP contribution is 2.22. The van der Waals surface area contributed by atoms with Crippen LogP contribution in [-0.4, -0.2) is 24.0 Å². The van der Waals surface area contributed by atoms with E-state index in [1.54, 1.807) is 18.4 Å². The maximum Gasteiger partial charge on any atom is 0.236 e. The number of rotatable bonds is 6. The quantitative estimate of drug-likeness (QED) is 0.833. The van der Waals surface area contributed by atoms with Crippen LogP contribution in [-0.2, 0) is 4.79 Å². The standard InChI is InChI=1S/C13H23N3OS/c1-8(2)6-11(13(17)14-5)16-10(4)12-9(3)15-7-18-12/h7-8,10-11,16H,6H2,1-5H3,(H,14,17). The summed E-state index contributed by atoms with van der Waals surface area (Å²) in [6.45, 7) is 8.33. The minimum absolute atomic E-state index is 0.0534. The first kappa shape index (κ1) is 15.1. The van der Waals surface area contributed by atoms with Crippen molar-refractivity contribution in [2.45, 2.75) is 46.2 Å². The summed E-state index contributed by atoms with van der Waals surface area (Å²) in [6.07, 6.45) is 0.835. The molecular weight excluding hydrogens is 246 g/mol. The highest BCUT2D eigenvalue weighted by Gasteiger charge is 2.22. The van der Waals surface area contributed by atoms with Gasteiger partial charge >= 0.3 is 0 Å². The van der Waals surface area contributed by atoms with Gasteiger partial charge in [0.15, 0.2) is 0 Å². The Morgan fingerprint density at radius 2 is 2.11 bits per heavy atom. The van der Waals surface area contributed by atoms with E-state index < -0.39 is 0 Å². The zero-order valence-electron chi connectivity index (χ0n) is 11.8. The van der Waals surface area contributed by atoms with E-state index in [0.29, 0.717) is 5.92 Å². The third-order valence-electron chi connectivity index (χ3n) is 2.90. The lowest BCUT2D eigenvalue weighted by molar-refractivity contribution is -0.123. The van der Waals surface area contributed by atoms with Crippen molar-refractivity contribution >= 4 is 17.2 Å². The molecule has 2 N–H and O–H groups in total. The van der Waals surface area contributed by atoms with Gasteiger partial charge in [-0.15, -0.1) is 11.3 Å². The van der Waals surface area contributed by atoms with Crippen LogP contribution < -0.4 is 10.6 Å². The molecule has 1 heterocycles. The molecule has 0 aliphatic heterocycles. The van der Waals surface area contributed by atoms with Crippen molar-refractivity contribution in [3.05, 3.63) is 16.1 Å². The van der Waals surface area contributed by atoms with Crippen molar-refractivity contribution in [1.82, 2.24) is 15.6 Å². The van der Waals surface area contributed by atoms with Gasteiger partial charge in [-0.25, -0.2) is 4.98 Å². The van der Waals surface area contributed by atoms with Crippen LogP contribution in [0.3, 0.4) is 0 Å². The fourth-order valence-corrected chi connectivity index (χ4v) is 2.82. The Bertz CT molecular complexity index is 389. The molecule has 2 unspecified atom stereocenters. The van der Waals surface area contributed by atoms with Crippen LogP contribution >= 0.6 is 11.3 Å². The molecule has 18 heavy (non-hydrogen) atoms. The number of nitrogens with zero attached hydrogens (tertiary/aromatic N) is 1. The van der Waals surface area contributed by atoms with Gasteiger partial charge in [-0.05, 0) is 26.2 Å². The lowest BCUT2D eigenvalue weighted by atomic mass is 10.0. The highest BCUT2D eigenvalue weighted by atomic mass is 32.1. The van der Waals surface area contributed by atoms with Crippen LogP contribution in [0.15, 0.2) is 5.51 Å². The lowest BCUT2D eigenvalue weighted by Gasteiger charge is -2.23. The summed E-state index contributed by atoms with van der Waals surface area (Å²) in [5, 5.41) is 6.12. The molecule has 102 valence electrons. The molecule has 0 fully saturated rings. The Morgan fingerprint density at radius 1 is 1.44 bits per heavy atom. The largest absolute Gasteiger partial charge is 0.358 e. The maximum absolute atomic E-state index is 11.9. The number of carbonyl (C=O) groups excluding carboxylic acids is 1. The number of amides is 1. The van der Waals surface area contributed by atoms with E-state index in [1.807, 2.05) is 12.4 Å². The Morgan fingerprint density at radius 3 is 2.56 bits per heavy atom. The van der Waals surface area contributed by atoms with E-state index in [1.165, 1.54) is 4.88 Å². The molecule has 1 rings (SSSR count). The number of nitrogens with one attached hydrogen (secondary N) is 2. The van der Waals surface area contributed by atoms with Crippen LogP contribution in [0.4, 0.5) is 0 Å². The minimum atomic E-state index is -0.147. The first-order chi connectivity index (χ1) is 8.45. The van der Waals surface area contributed by atoms with Gasteiger partial charge in [0.1, 0.15) is 0 Å². The molecule has 0 bridgehead atoms. The number of likely N-dealkylation sites (N-methyl/N-ethyl adjacent to an activating group) is 1. The van der Waals surface area contributed by atoms with Crippen LogP contribution in [0.25, 0.3) is 0 Å². The predicted octanol–water partition coefficient (Wildman–Crippen LogP) is 2.26. The number of thiazole rings is 1. The van der Waals surface area contributed by atoms with Gasteiger partial charge in [0.2, 0.25) is 5.91 Å². The Hall–Kier alpha value is -0.940. The minimum Gasteiger partial charge on any atom is -0.358 e. The first-order valence-electron chi connectivity index (χ1n) is 6.33. The first-order valence-corrected chi connectivity index (χ1v) is 7.21. The van der Waals surface area contributed by atoms with E-state index in [9.17, 15) is 4.79 Å². The molecule has 1 aromatic rings. The summed E-state index contributed by atoms with van der Waals surface area (Å²) < 4.78 is 0. The van der Waals surface area contributed by atoms with Crippen LogP contribution in [0.5, 0.6) is 0 Å². The average molecular weight is 269 g/mol. The number of hydrogen-bond donors (Lipinski definition) is 2. The molecular formula is C13H23N3OS. The van der Waals surface area contributed by atoms with Gasteiger partial charge in [-0.2, -0.15) is 0 Å². The smallest absolute Gasteiger partial charge is 0.236 e. The lowest BCUT2D eigenvalue weighted by Crippen LogP contribution is -2.44. The second kappa shape index (κ2) is 6.85. The molecule has 2 atom stereocenters. The second-order valence-electron chi connectivity index (χ2n) is 4.99. The molecule has 1 amide bonds. The number of carbonyl (C=O) groups is 1. The SMILES string of the molecule is CNC(=O)C(CC(C)C)NC(C)c1scnc1C. The molecule has 0 radical (unpaired) electrons. The maximum atomic E-state index is 11.9. The number of aromatic nitrogens is 1. The number of hydrogen-bond acceptors (Lipinski definition) is 4. The van der Waals surface area contributed by atoms with Crippen LogP contribution in [0, 0.1) is 12.8 Å². The van der Waals surface area contributed by atoms with E-state index in [2.05, 4.69) is 36.4 Å². The monoisotopic (exact) mass is 269 g/mol. The van der Waals surface area contributed by atoms with Crippen molar-refractivity contribution in [2.24, 2.45) is 5.92 Å². The van der Waals surface area contributed by atoms with E-state index >= 15 is 0 Å². The van der Waals surface area contributed by atoms with Crippen molar-refractivity contribution in [2.75, 3.05) is 7.05 Å². The molecule has 0 aromatic carbocycles. The summed E-state index contributed by atoms with van der Waals surface area (Å²) >= 11 is 1.63. The van der Waals surface area contributed by atoms with Crippen molar-refractivity contribution in [3.63, 3.8) is 0 Å².